The highest BCUT2D eigenvalue weighted by atomic mass is 32.2. The monoisotopic (exact) mass is 314 g/mol. The average molecular weight is 314 g/mol. The van der Waals surface area contributed by atoms with Crippen molar-refractivity contribution < 1.29 is 12.8 Å². The Balaban J connectivity index is 2.36. The van der Waals surface area contributed by atoms with E-state index < -0.39 is 10.0 Å². The van der Waals surface area contributed by atoms with Gasteiger partial charge in [0.15, 0.2) is 0 Å². The first-order valence-corrected chi connectivity index (χ1v) is 8.90. The van der Waals surface area contributed by atoms with Gasteiger partial charge < -0.3 is 5.32 Å². The van der Waals surface area contributed by atoms with Crippen molar-refractivity contribution in [2.45, 2.75) is 44.6 Å². The zero-order valence-electron chi connectivity index (χ0n) is 12.7. The minimum Gasteiger partial charge on any atom is -0.313 e. The number of nitrogens with one attached hydrogen (secondary N) is 1. The largest absolute Gasteiger partial charge is 0.313 e. The highest BCUT2D eigenvalue weighted by molar-refractivity contribution is 7.89. The molecular weight excluding hydrogens is 291 g/mol. The summed E-state index contributed by atoms with van der Waals surface area (Å²) in [6.45, 7) is 5.70. The van der Waals surface area contributed by atoms with Crippen molar-refractivity contribution in [1.82, 2.24) is 9.62 Å². The molecule has 1 N–H and O–H groups in total. The molecule has 1 aliphatic heterocycles. The van der Waals surface area contributed by atoms with E-state index in [9.17, 15) is 12.8 Å². The molecule has 1 aromatic rings. The van der Waals surface area contributed by atoms with Crippen molar-refractivity contribution >= 4 is 10.0 Å². The summed E-state index contributed by atoms with van der Waals surface area (Å²) in [5.74, 6) is -0.325. The summed E-state index contributed by atoms with van der Waals surface area (Å²) in [7, 11) is -3.51. The maximum atomic E-state index is 14.1. The summed E-state index contributed by atoms with van der Waals surface area (Å²) >= 11 is 0. The van der Waals surface area contributed by atoms with Crippen LogP contribution >= 0.6 is 0 Å². The smallest absolute Gasteiger partial charge is 0.243 e. The van der Waals surface area contributed by atoms with Gasteiger partial charge in [-0.3, -0.25) is 0 Å². The lowest BCUT2D eigenvalue weighted by atomic mass is 10.1. The number of hydrogen-bond donors (Lipinski definition) is 1. The molecular formula is C15H23FN2O2S. The van der Waals surface area contributed by atoms with Gasteiger partial charge in [-0.2, -0.15) is 4.31 Å². The lowest BCUT2D eigenvalue weighted by molar-refractivity contribution is 0.346. The van der Waals surface area contributed by atoms with E-state index >= 15 is 0 Å². The Morgan fingerprint density at radius 2 is 1.90 bits per heavy atom. The van der Waals surface area contributed by atoms with E-state index in [4.69, 9.17) is 0 Å². The van der Waals surface area contributed by atoms with Gasteiger partial charge in [0.1, 0.15) is 5.82 Å². The quantitative estimate of drug-likeness (QED) is 0.908. The van der Waals surface area contributed by atoms with Gasteiger partial charge in [-0.1, -0.05) is 13.3 Å². The van der Waals surface area contributed by atoms with Crippen LogP contribution in [-0.2, 0) is 16.6 Å². The molecule has 0 saturated carbocycles. The topological polar surface area (TPSA) is 49.4 Å². The van der Waals surface area contributed by atoms with E-state index in [1.807, 2.05) is 6.92 Å². The van der Waals surface area contributed by atoms with Crippen LogP contribution in [0.1, 0.15) is 37.3 Å². The van der Waals surface area contributed by atoms with Crippen molar-refractivity contribution in [3.8, 4) is 0 Å². The summed E-state index contributed by atoms with van der Waals surface area (Å²) in [6, 6.07) is 2.91. The minimum absolute atomic E-state index is 0.205. The lowest BCUT2D eigenvalue weighted by Crippen LogP contribution is -2.35. The molecule has 0 unspecified atom stereocenters. The van der Waals surface area contributed by atoms with Crippen molar-refractivity contribution in [1.29, 1.82) is 0 Å². The fourth-order valence-electron chi connectivity index (χ4n) is 2.60. The maximum Gasteiger partial charge on any atom is 0.243 e. The molecule has 1 heterocycles. The molecule has 1 saturated heterocycles. The van der Waals surface area contributed by atoms with Gasteiger partial charge in [-0.25, -0.2) is 12.8 Å². The fourth-order valence-corrected chi connectivity index (χ4v) is 4.25. The van der Waals surface area contributed by atoms with Crippen molar-refractivity contribution in [2.24, 2.45) is 0 Å². The van der Waals surface area contributed by atoms with E-state index in [1.54, 1.807) is 6.92 Å². The molecule has 4 nitrogen and oxygen atoms in total. The lowest BCUT2D eigenvalue weighted by Gasteiger charge is -2.26. The predicted molar refractivity (Wildman–Crippen MR) is 81.1 cm³/mol. The Morgan fingerprint density at radius 3 is 2.52 bits per heavy atom. The van der Waals surface area contributed by atoms with Crippen LogP contribution < -0.4 is 5.32 Å². The van der Waals surface area contributed by atoms with Gasteiger partial charge in [-0.05, 0) is 44.0 Å². The normalized spacial score (nSPS) is 17.1. The zero-order valence-corrected chi connectivity index (χ0v) is 13.5. The molecule has 0 radical (unpaired) electrons. The Morgan fingerprint density at radius 1 is 1.24 bits per heavy atom. The highest BCUT2D eigenvalue weighted by Crippen LogP contribution is 2.24. The number of aryl methyl sites for hydroxylation is 1. The maximum absolute atomic E-state index is 14.1. The number of hydrogen-bond acceptors (Lipinski definition) is 3. The number of rotatable bonds is 5. The fraction of sp³-hybridized carbons (Fsp3) is 0.600. The summed E-state index contributed by atoms with van der Waals surface area (Å²) in [5, 5.41) is 3.04. The van der Waals surface area contributed by atoms with Crippen LogP contribution in [0.3, 0.4) is 0 Å². The van der Waals surface area contributed by atoms with Gasteiger partial charge in [0.05, 0.1) is 4.90 Å². The molecule has 0 bridgehead atoms. The van der Waals surface area contributed by atoms with Gasteiger partial charge >= 0.3 is 0 Å². The third-order valence-corrected chi connectivity index (χ3v) is 5.70. The molecule has 6 heteroatoms. The zero-order chi connectivity index (χ0) is 15.5. The first-order valence-electron chi connectivity index (χ1n) is 7.46. The molecule has 0 aromatic heterocycles. The molecule has 0 atom stereocenters. The standard InChI is InChI=1S/C15H23FN2O2S/c1-3-17-11-13-10-14(9-12(2)15(13)16)21(19,20)18-7-5-4-6-8-18/h9-10,17H,3-8,11H2,1-2H3. The van der Waals surface area contributed by atoms with Crippen LogP contribution in [-0.4, -0.2) is 32.4 Å². The molecule has 118 valence electrons. The molecule has 1 aliphatic rings. The Labute approximate surface area is 126 Å². The number of piperidine rings is 1. The first-order chi connectivity index (χ1) is 9.96. The molecule has 0 spiro atoms. The third-order valence-electron chi connectivity index (χ3n) is 3.82. The van der Waals surface area contributed by atoms with Gasteiger partial charge in [0.25, 0.3) is 0 Å². The third kappa shape index (κ3) is 3.62. The van der Waals surface area contributed by atoms with E-state index in [1.165, 1.54) is 16.4 Å². The number of benzene rings is 1. The second-order valence-electron chi connectivity index (χ2n) is 5.46. The van der Waals surface area contributed by atoms with E-state index in [-0.39, 0.29) is 10.7 Å². The summed E-state index contributed by atoms with van der Waals surface area (Å²) in [4.78, 5) is 0.205. The van der Waals surface area contributed by atoms with Crippen LogP contribution in [0.25, 0.3) is 0 Å². The minimum atomic E-state index is -3.51. The van der Waals surface area contributed by atoms with Crippen molar-refractivity contribution in [3.63, 3.8) is 0 Å². The van der Waals surface area contributed by atoms with Crippen LogP contribution in [0.15, 0.2) is 17.0 Å². The van der Waals surface area contributed by atoms with E-state index in [0.29, 0.717) is 37.3 Å². The molecule has 1 aromatic carbocycles. The molecule has 0 amide bonds. The predicted octanol–water partition coefficient (Wildman–Crippen LogP) is 2.42. The number of nitrogens with zero attached hydrogens (tertiary/aromatic N) is 1. The number of halogens is 1. The van der Waals surface area contributed by atoms with Gasteiger partial charge in [-0.15, -0.1) is 0 Å². The van der Waals surface area contributed by atoms with Crippen molar-refractivity contribution in [2.75, 3.05) is 19.6 Å². The Kier molecular flexibility index (Phi) is 5.35. The van der Waals surface area contributed by atoms with Crippen LogP contribution in [0, 0.1) is 12.7 Å². The number of sulfonamides is 1. The highest BCUT2D eigenvalue weighted by Gasteiger charge is 2.27. The van der Waals surface area contributed by atoms with Gasteiger partial charge in [0, 0.05) is 25.2 Å². The molecule has 2 rings (SSSR count). The first kappa shape index (κ1) is 16.4. The molecule has 1 fully saturated rings. The Bertz CT molecular complexity index is 596. The second-order valence-corrected chi connectivity index (χ2v) is 7.40. The van der Waals surface area contributed by atoms with Crippen molar-refractivity contribution in [3.05, 3.63) is 29.1 Å². The van der Waals surface area contributed by atoms with Crippen LogP contribution in [0.2, 0.25) is 0 Å². The Hall–Kier alpha value is -0.980. The second kappa shape index (κ2) is 6.85. The summed E-state index contributed by atoms with van der Waals surface area (Å²) in [6.07, 6.45) is 2.85. The SMILES string of the molecule is CCNCc1cc(S(=O)(=O)N2CCCCC2)cc(C)c1F. The van der Waals surface area contributed by atoms with E-state index in [2.05, 4.69) is 5.32 Å². The van der Waals surface area contributed by atoms with Crippen LogP contribution in [0.5, 0.6) is 0 Å². The van der Waals surface area contributed by atoms with Crippen LogP contribution in [0.4, 0.5) is 4.39 Å². The average Bonchev–Trinajstić information content (AvgIpc) is 2.49. The molecule has 0 aliphatic carbocycles. The summed E-state index contributed by atoms with van der Waals surface area (Å²) in [5.41, 5.74) is 0.786. The summed E-state index contributed by atoms with van der Waals surface area (Å²) < 4.78 is 40.9. The molecule has 21 heavy (non-hydrogen) atoms. The van der Waals surface area contributed by atoms with E-state index in [0.717, 1.165) is 19.3 Å². The van der Waals surface area contributed by atoms with Gasteiger partial charge in [0.2, 0.25) is 10.0 Å².